The standard InChI is InChI=1S/C20H23F2N3O3S/c21-18-10-7-16(13-19(18)22)24-20(26)14-23-15-5-8-17(9-6-15)29(27,28)25-11-3-1-2-4-12-25/h5-10,13,23H,1-4,11-12,14H2,(H,24,26). The number of carbonyl (C=O) groups is 1. The fourth-order valence-corrected chi connectivity index (χ4v) is 4.65. The number of sulfonamides is 1. The van der Waals surface area contributed by atoms with Crippen molar-refractivity contribution in [1.29, 1.82) is 0 Å². The van der Waals surface area contributed by atoms with E-state index in [1.807, 2.05) is 0 Å². The summed E-state index contributed by atoms with van der Waals surface area (Å²) in [7, 11) is -3.52. The van der Waals surface area contributed by atoms with Gasteiger partial charge in [-0.3, -0.25) is 4.79 Å². The van der Waals surface area contributed by atoms with Crippen molar-refractivity contribution in [1.82, 2.24) is 4.31 Å². The molecule has 6 nitrogen and oxygen atoms in total. The Morgan fingerprint density at radius 3 is 2.14 bits per heavy atom. The molecule has 0 bridgehead atoms. The van der Waals surface area contributed by atoms with Gasteiger partial charge in [0.2, 0.25) is 15.9 Å². The Hall–Kier alpha value is -2.52. The van der Waals surface area contributed by atoms with Crippen LogP contribution in [0.25, 0.3) is 0 Å². The molecule has 2 aromatic rings. The van der Waals surface area contributed by atoms with E-state index < -0.39 is 27.6 Å². The zero-order valence-corrected chi connectivity index (χ0v) is 16.6. The van der Waals surface area contributed by atoms with Gasteiger partial charge in [0.05, 0.1) is 11.4 Å². The predicted molar refractivity (Wildman–Crippen MR) is 107 cm³/mol. The summed E-state index contributed by atoms with van der Waals surface area (Å²) in [5.41, 5.74) is 0.717. The number of halogens is 2. The first-order valence-corrected chi connectivity index (χ1v) is 10.9. The summed E-state index contributed by atoms with van der Waals surface area (Å²) in [4.78, 5) is 12.2. The molecule has 1 fully saturated rings. The maximum Gasteiger partial charge on any atom is 0.243 e. The number of hydrogen-bond acceptors (Lipinski definition) is 4. The van der Waals surface area contributed by atoms with Crippen LogP contribution in [0.2, 0.25) is 0 Å². The van der Waals surface area contributed by atoms with Crippen LogP contribution in [0.15, 0.2) is 47.4 Å². The van der Waals surface area contributed by atoms with Crippen molar-refractivity contribution >= 4 is 27.3 Å². The molecule has 1 heterocycles. The van der Waals surface area contributed by atoms with Gasteiger partial charge >= 0.3 is 0 Å². The number of amides is 1. The molecule has 0 aromatic heterocycles. The summed E-state index contributed by atoms with van der Waals surface area (Å²) in [6.45, 7) is 0.955. The molecule has 1 saturated heterocycles. The molecule has 0 spiro atoms. The number of nitrogens with one attached hydrogen (secondary N) is 2. The summed E-state index contributed by atoms with van der Waals surface area (Å²) >= 11 is 0. The zero-order chi connectivity index (χ0) is 20.9. The van der Waals surface area contributed by atoms with Crippen LogP contribution in [0, 0.1) is 11.6 Å². The lowest BCUT2D eigenvalue weighted by atomic mass is 10.2. The number of rotatable bonds is 6. The van der Waals surface area contributed by atoms with Crippen molar-refractivity contribution < 1.29 is 22.0 Å². The molecule has 2 aromatic carbocycles. The minimum absolute atomic E-state index is 0.114. The second-order valence-electron chi connectivity index (χ2n) is 6.87. The minimum Gasteiger partial charge on any atom is -0.376 e. The molecule has 0 aliphatic carbocycles. The highest BCUT2D eigenvalue weighted by molar-refractivity contribution is 7.89. The highest BCUT2D eigenvalue weighted by Crippen LogP contribution is 2.22. The van der Waals surface area contributed by atoms with E-state index in [4.69, 9.17) is 0 Å². The van der Waals surface area contributed by atoms with E-state index >= 15 is 0 Å². The van der Waals surface area contributed by atoms with Gasteiger partial charge in [-0.1, -0.05) is 12.8 Å². The smallest absolute Gasteiger partial charge is 0.243 e. The van der Waals surface area contributed by atoms with E-state index in [0.29, 0.717) is 18.8 Å². The van der Waals surface area contributed by atoms with Crippen LogP contribution in [0.3, 0.4) is 0 Å². The van der Waals surface area contributed by atoms with Crippen molar-refractivity contribution in [3.8, 4) is 0 Å². The van der Waals surface area contributed by atoms with Crippen molar-refractivity contribution in [3.63, 3.8) is 0 Å². The lowest BCUT2D eigenvalue weighted by molar-refractivity contribution is -0.114. The van der Waals surface area contributed by atoms with Gasteiger partial charge in [-0.25, -0.2) is 17.2 Å². The average Bonchev–Trinajstić information content (AvgIpc) is 3.00. The molecular weight excluding hydrogens is 400 g/mol. The summed E-state index contributed by atoms with van der Waals surface area (Å²) in [6.07, 6.45) is 3.82. The zero-order valence-electron chi connectivity index (χ0n) is 15.8. The van der Waals surface area contributed by atoms with Crippen molar-refractivity contribution in [3.05, 3.63) is 54.1 Å². The molecule has 156 valence electrons. The van der Waals surface area contributed by atoms with Crippen LogP contribution in [-0.4, -0.2) is 38.3 Å². The predicted octanol–water partition coefficient (Wildman–Crippen LogP) is 3.58. The molecule has 0 atom stereocenters. The summed E-state index contributed by atoms with van der Waals surface area (Å²) in [5.74, 6) is -2.48. The van der Waals surface area contributed by atoms with Crippen LogP contribution in [0.4, 0.5) is 20.2 Å². The third kappa shape index (κ3) is 5.51. The van der Waals surface area contributed by atoms with E-state index in [0.717, 1.165) is 37.8 Å². The highest BCUT2D eigenvalue weighted by atomic mass is 32.2. The van der Waals surface area contributed by atoms with Gasteiger partial charge in [-0.15, -0.1) is 0 Å². The third-order valence-corrected chi connectivity index (χ3v) is 6.63. The Bertz CT molecular complexity index is 957. The van der Waals surface area contributed by atoms with Crippen LogP contribution in [0.5, 0.6) is 0 Å². The van der Waals surface area contributed by atoms with Crippen molar-refractivity contribution in [2.24, 2.45) is 0 Å². The number of nitrogens with zero attached hydrogens (tertiary/aromatic N) is 1. The van der Waals surface area contributed by atoms with Gasteiger partial charge in [-0.2, -0.15) is 4.31 Å². The van der Waals surface area contributed by atoms with E-state index in [1.54, 1.807) is 12.1 Å². The number of hydrogen-bond donors (Lipinski definition) is 2. The molecule has 2 N–H and O–H groups in total. The molecule has 0 radical (unpaired) electrons. The fourth-order valence-electron chi connectivity index (χ4n) is 3.14. The van der Waals surface area contributed by atoms with Gasteiger partial charge in [0.1, 0.15) is 0 Å². The molecule has 0 saturated carbocycles. The molecular formula is C20H23F2N3O3S. The largest absolute Gasteiger partial charge is 0.376 e. The first-order valence-electron chi connectivity index (χ1n) is 9.45. The maximum atomic E-state index is 13.2. The van der Waals surface area contributed by atoms with E-state index in [-0.39, 0.29) is 17.1 Å². The highest BCUT2D eigenvalue weighted by Gasteiger charge is 2.24. The molecule has 9 heteroatoms. The SMILES string of the molecule is O=C(CNc1ccc(S(=O)(=O)N2CCCCCC2)cc1)Nc1ccc(F)c(F)c1. The van der Waals surface area contributed by atoms with Gasteiger partial charge in [0.25, 0.3) is 0 Å². The van der Waals surface area contributed by atoms with Crippen LogP contribution in [-0.2, 0) is 14.8 Å². The monoisotopic (exact) mass is 423 g/mol. The van der Waals surface area contributed by atoms with E-state index in [2.05, 4.69) is 10.6 Å². The topological polar surface area (TPSA) is 78.5 Å². The van der Waals surface area contributed by atoms with Crippen molar-refractivity contribution in [2.75, 3.05) is 30.3 Å². The Balaban J connectivity index is 1.57. The average molecular weight is 423 g/mol. The van der Waals surface area contributed by atoms with E-state index in [9.17, 15) is 22.0 Å². The van der Waals surface area contributed by atoms with Gasteiger partial charge in [-0.05, 0) is 49.2 Å². The van der Waals surface area contributed by atoms with E-state index in [1.165, 1.54) is 22.5 Å². The molecule has 1 amide bonds. The molecule has 3 rings (SSSR count). The fraction of sp³-hybridized carbons (Fsp3) is 0.350. The normalized spacial score (nSPS) is 15.5. The first-order chi connectivity index (χ1) is 13.9. The molecule has 29 heavy (non-hydrogen) atoms. The Labute approximate surface area is 169 Å². The molecule has 0 unspecified atom stereocenters. The maximum absolute atomic E-state index is 13.2. The van der Waals surface area contributed by atoms with Crippen molar-refractivity contribution in [2.45, 2.75) is 30.6 Å². The minimum atomic E-state index is -3.52. The number of anilines is 2. The molecule has 1 aliphatic heterocycles. The lowest BCUT2D eigenvalue weighted by Gasteiger charge is -2.20. The quantitative estimate of drug-likeness (QED) is 0.745. The Morgan fingerprint density at radius 2 is 1.52 bits per heavy atom. The third-order valence-electron chi connectivity index (χ3n) is 4.71. The second-order valence-corrected chi connectivity index (χ2v) is 8.81. The summed E-state index contributed by atoms with van der Waals surface area (Å²) in [6, 6.07) is 9.30. The summed E-state index contributed by atoms with van der Waals surface area (Å²) < 4.78 is 53.1. The van der Waals surface area contributed by atoms with Crippen LogP contribution >= 0.6 is 0 Å². The van der Waals surface area contributed by atoms with Gasteiger partial charge in [0, 0.05) is 30.5 Å². The van der Waals surface area contributed by atoms with Gasteiger partial charge in [0.15, 0.2) is 11.6 Å². The lowest BCUT2D eigenvalue weighted by Crippen LogP contribution is -2.31. The first kappa shape index (κ1) is 21.2. The molecule has 1 aliphatic rings. The second kappa shape index (κ2) is 9.32. The number of carbonyl (C=O) groups excluding carboxylic acids is 1. The van der Waals surface area contributed by atoms with Crippen LogP contribution in [0.1, 0.15) is 25.7 Å². The van der Waals surface area contributed by atoms with Crippen LogP contribution < -0.4 is 10.6 Å². The Kier molecular flexibility index (Phi) is 6.81. The summed E-state index contributed by atoms with van der Waals surface area (Å²) in [5, 5.41) is 5.32. The number of benzene rings is 2. The van der Waals surface area contributed by atoms with Gasteiger partial charge < -0.3 is 10.6 Å². The Morgan fingerprint density at radius 1 is 0.897 bits per heavy atom.